The van der Waals surface area contributed by atoms with E-state index in [1.54, 1.807) is 11.8 Å². The molecule has 2 N–H and O–H groups in total. The van der Waals surface area contributed by atoms with Crippen LogP contribution in [0.3, 0.4) is 0 Å². The summed E-state index contributed by atoms with van der Waals surface area (Å²) in [6.45, 7) is 4.05. The van der Waals surface area contributed by atoms with Crippen LogP contribution >= 0.6 is 0 Å². The molecule has 1 unspecified atom stereocenters. The average molecular weight is 279 g/mol. The van der Waals surface area contributed by atoms with Gasteiger partial charge in [-0.05, 0) is 31.2 Å². The lowest BCUT2D eigenvalue weighted by Gasteiger charge is -2.36. The standard InChI is InChI=1S/C14H18FN3O2/c1-10(13(16)19)17-6-8-18(9-7-17)14(20)11-2-4-12(15)5-3-11/h2-5,10H,6-9H2,1H3,(H2,16,19). The highest BCUT2D eigenvalue weighted by Crippen LogP contribution is 2.11. The molecular weight excluding hydrogens is 261 g/mol. The van der Waals surface area contributed by atoms with Crippen LogP contribution < -0.4 is 5.73 Å². The van der Waals surface area contributed by atoms with Crippen LogP contribution in [0.4, 0.5) is 4.39 Å². The van der Waals surface area contributed by atoms with Gasteiger partial charge in [-0.2, -0.15) is 0 Å². The van der Waals surface area contributed by atoms with Crippen molar-refractivity contribution in [1.29, 1.82) is 0 Å². The molecule has 6 heteroatoms. The molecule has 0 radical (unpaired) electrons. The minimum absolute atomic E-state index is 0.114. The second-order valence-electron chi connectivity index (χ2n) is 4.91. The molecule has 1 saturated heterocycles. The van der Waals surface area contributed by atoms with Gasteiger partial charge >= 0.3 is 0 Å². The fourth-order valence-electron chi connectivity index (χ4n) is 2.27. The van der Waals surface area contributed by atoms with E-state index in [1.165, 1.54) is 24.3 Å². The second kappa shape index (κ2) is 6.00. The van der Waals surface area contributed by atoms with E-state index >= 15 is 0 Å². The summed E-state index contributed by atoms with van der Waals surface area (Å²) in [5, 5.41) is 0. The maximum atomic E-state index is 12.8. The number of carbonyl (C=O) groups is 2. The van der Waals surface area contributed by atoms with Crippen LogP contribution in [0.15, 0.2) is 24.3 Å². The minimum Gasteiger partial charge on any atom is -0.368 e. The van der Waals surface area contributed by atoms with Crippen molar-refractivity contribution >= 4 is 11.8 Å². The van der Waals surface area contributed by atoms with Crippen LogP contribution in [0.5, 0.6) is 0 Å². The third kappa shape index (κ3) is 3.14. The summed E-state index contributed by atoms with van der Waals surface area (Å²) in [5.74, 6) is -0.832. The number of primary amides is 1. The molecule has 0 aliphatic carbocycles. The Hall–Kier alpha value is -1.95. The van der Waals surface area contributed by atoms with Crippen LogP contribution in [0.25, 0.3) is 0 Å². The Morgan fingerprint density at radius 3 is 2.20 bits per heavy atom. The van der Waals surface area contributed by atoms with E-state index in [0.29, 0.717) is 31.7 Å². The number of rotatable bonds is 3. The van der Waals surface area contributed by atoms with Gasteiger partial charge in [-0.1, -0.05) is 0 Å². The zero-order valence-corrected chi connectivity index (χ0v) is 11.4. The maximum absolute atomic E-state index is 12.8. The van der Waals surface area contributed by atoms with Crippen molar-refractivity contribution in [2.75, 3.05) is 26.2 Å². The third-order valence-corrected chi connectivity index (χ3v) is 3.65. The largest absolute Gasteiger partial charge is 0.368 e. The lowest BCUT2D eigenvalue weighted by atomic mass is 10.1. The second-order valence-corrected chi connectivity index (χ2v) is 4.91. The van der Waals surface area contributed by atoms with Gasteiger partial charge in [-0.25, -0.2) is 4.39 Å². The topological polar surface area (TPSA) is 66.6 Å². The van der Waals surface area contributed by atoms with Crippen molar-refractivity contribution in [3.05, 3.63) is 35.6 Å². The first-order valence-electron chi connectivity index (χ1n) is 6.57. The van der Waals surface area contributed by atoms with Gasteiger partial charge in [-0.3, -0.25) is 14.5 Å². The third-order valence-electron chi connectivity index (χ3n) is 3.65. The lowest BCUT2D eigenvalue weighted by Crippen LogP contribution is -2.54. The quantitative estimate of drug-likeness (QED) is 0.874. The number of benzene rings is 1. The van der Waals surface area contributed by atoms with E-state index in [0.717, 1.165) is 0 Å². The molecule has 0 aromatic heterocycles. The van der Waals surface area contributed by atoms with Crippen LogP contribution in [0.1, 0.15) is 17.3 Å². The number of hydrogen-bond donors (Lipinski definition) is 1. The summed E-state index contributed by atoms with van der Waals surface area (Å²) < 4.78 is 12.8. The van der Waals surface area contributed by atoms with E-state index in [-0.39, 0.29) is 23.7 Å². The first-order valence-corrected chi connectivity index (χ1v) is 6.57. The molecule has 108 valence electrons. The predicted octanol–water partition coefficient (Wildman–Crippen LogP) is 0.457. The van der Waals surface area contributed by atoms with Gasteiger partial charge < -0.3 is 10.6 Å². The fraction of sp³-hybridized carbons (Fsp3) is 0.429. The maximum Gasteiger partial charge on any atom is 0.253 e. The van der Waals surface area contributed by atoms with E-state index in [9.17, 15) is 14.0 Å². The Kier molecular flexibility index (Phi) is 4.34. The van der Waals surface area contributed by atoms with Crippen molar-refractivity contribution in [2.45, 2.75) is 13.0 Å². The molecule has 0 saturated carbocycles. The van der Waals surface area contributed by atoms with Crippen molar-refractivity contribution in [3.63, 3.8) is 0 Å². The molecule has 20 heavy (non-hydrogen) atoms. The summed E-state index contributed by atoms with van der Waals surface area (Å²) in [6.07, 6.45) is 0. The van der Waals surface area contributed by atoms with Gasteiger partial charge in [0.25, 0.3) is 5.91 Å². The highest BCUT2D eigenvalue weighted by molar-refractivity contribution is 5.94. The van der Waals surface area contributed by atoms with E-state index in [2.05, 4.69) is 0 Å². The molecule has 1 atom stereocenters. The van der Waals surface area contributed by atoms with Crippen LogP contribution in [0, 0.1) is 5.82 Å². The van der Waals surface area contributed by atoms with Crippen molar-refractivity contribution in [3.8, 4) is 0 Å². The van der Waals surface area contributed by atoms with Gasteiger partial charge in [0.2, 0.25) is 5.91 Å². The van der Waals surface area contributed by atoms with E-state index in [4.69, 9.17) is 5.73 Å². The number of nitrogens with two attached hydrogens (primary N) is 1. The zero-order chi connectivity index (χ0) is 14.7. The van der Waals surface area contributed by atoms with Gasteiger partial charge in [0.05, 0.1) is 6.04 Å². The van der Waals surface area contributed by atoms with Gasteiger partial charge in [0.1, 0.15) is 5.82 Å². The minimum atomic E-state index is -0.360. The Labute approximate surface area is 117 Å². The summed E-state index contributed by atoms with van der Waals surface area (Å²) in [4.78, 5) is 27.0. The lowest BCUT2D eigenvalue weighted by molar-refractivity contribution is -0.123. The summed E-state index contributed by atoms with van der Waals surface area (Å²) >= 11 is 0. The summed E-state index contributed by atoms with van der Waals surface area (Å²) in [5.41, 5.74) is 5.74. The molecule has 1 aliphatic rings. The number of halogens is 1. The van der Waals surface area contributed by atoms with Crippen molar-refractivity contribution in [1.82, 2.24) is 9.80 Å². The van der Waals surface area contributed by atoms with Gasteiger partial charge in [-0.15, -0.1) is 0 Å². The Morgan fingerprint density at radius 1 is 1.15 bits per heavy atom. The molecule has 2 rings (SSSR count). The van der Waals surface area contributed by atoms with Gasteiger partial charge in [0, 0.05) is 31.7 Å². The fourth-order valence-corrected chi connectivity index (χ4v) is 2.27. The highest BCUT2D eigenvalue weighted by Gasteiger charge is 2.26. The van der Waals surface area contributed by atoms with Gasteiger partial charge in [0.15, 0.2) is 0 Å². The monoisotopic (exact) mass is 279 g/mol. The smallest absolute Gasteiger partial charge is 0.253 e. The van der Waals surface area contributed by atoms with Crippen LogP contribution in [-0.2, 0) is 4.79 Å². The number of carbonyl (C=O) groups excluding carboxylic acids is 2. The average Bonchev–Trinajstić information content (AvgIpc) is 2.46. The molecular formula is C14H18FN3O2. The van der Waals surface area contributed by atoms with Crippen molar-refractivity contribution < 1.29 is 14.0 Å². The summed E-state index contributed by atoms with van der Waals surface area (Å²) in [6, 6.07) is 5.20. The molecule has 1 fully saturated rings. The Morgan fingerprint density at radius 2 is 1.70 bits per heavy atom. The number of hydrogen-bond acceptors (Lipinski definition) is 3. The molecule has 0 bridgehead atoms. The molecule has 2 amide bonds. The molecule has 1 aromatic carbocycles. The summed E-state index contributed by atoms with van der Waals surface area (Å²) in [7, 11) is 0. The first-order chi connectivity index (χ1) is 9.49. The van der Waals surface area contributed by atoms with Crippen LogP contribution in [-0.4, -0.2) is 53.8 Å². The van der Waals surface area contributed by atoms with Crippen LogP contribution in [0.2, 0.25) is 0 Å². The first kappa shape index (κ1) is 14.5. The van der Waals surface area contributed by atoms with E-state index in [1.807, 2.05) is 4.90 Å². The zero-order valence-electron chi connectivity index (χ0n) is 11.4. The molecule has 1 aliphatic heterocycles. The Balaban J connectivity index is 1.95. The molecule has 1 aromatic rings. The normalized spacial score (nSPS) is 17.8. The predicted molar refractivity (Wildman–Crippen MR) is 72.5 cm³/mol. The molecule has 1 heterocycles. The number of amides is 2. The number of nitrogens with zero attached hydrogens (tertiary/aromatic N) is 2. The SMILES string of the molecule is CC(C(N)=O)N1CCN(C(=O)c2ccc(F)cc2)CC1. The van der Waals surface area contributed by atoms with E-state index < -0.39 is 0 Å². The molecule has 5 nitrogen and oxygen atoms in total. The Bertz CT molecular complexity index is 496. The van der Waals surface area contributed by atoms with Crippen molar-refractivity contribution in [2.24, 2.45) is 5.73 Å². The number of piperazine rings is 1. The molecule has 0 spiro atoms. The highest BCUT2D eigenvalue weighted by atomic mass is 19.1.